The van der Waals surface area contributed by atoms with Gasteiger partial charge in [0.1, 0.15) is 0 Å². The van der Waals surface area contributed by atoms with E-state index in [4.69, 9.17) is 0 Å². The molecule has 3 rings (SSSR count). The van der Waals surface area contributed by atoms with Crippen LogP contribution in [0.2, 0.25) is 0 Å². The summed E-state index contributed by atoms with van der Waals surface area (Å²) in [6.07, 6.45) is 1.54. The summed E-state index contributed by atoms with van der Waals surface area (Å²) in [6.45, 7) is 9.28. The molecule has 2 aromatic rings. The molecule has 2 amide bonds. The Morgan fingerprint density at radius 2 is 1.72 bits per heavy atom. The molecule has 1 aromatic heterocycles. The minimum atomic E-state index is -0.372. The number of aryl methyl sites for hydroxylation is 3. The zero-order valence-electron chi connectivity index (χ0n) is 18.0. The molecule has 1 aromatic carbocycles. The van der Waals surface area contributed by atoms with Gasteiger partial charge in [-0.05, 0) is 39.2 Å². The van der Waals surface area contributed by atoms with Gasteiger partial charge in [-0.25, -0.2) is 0 Å². The summed E-state index contributed by atoms with van der Waals surface area (Å²) >= 11 is 0. The number of carbonyl (C=O) groups excluding carboxylic acids is 2. The first-order valence-corrected chi connectivity index (χ1v) is 10.1. The zero-order valence-corrected chi connectivity index (χ0v) is 18.0. The molecule has 0 aliphatic carbocycles. The van der Waals surface area contributed by atoms with Crippen molar-refractivity contribution in [2.75, 3.05) is 25.0 Å². The number of aromatic nitrogens is 2. The highest BCUT2D eigenvalue weighted by atomic mass is 16.2. The van der Waals surface area contributed by atoms with Gasteiger partial charge >= 0.3 is 0 Å². The van der Waals surface area contributed by atoms with Crippen molar-refractivity contribution in [1.82, 2.24) is 20.0 Å². The molecule has 7 heteroatoms. The topological polar surface area (TPSA) is 79.3 Å². The van der Waals surface area contributed by atoms with E-state index in [2.05, 4.69) is 51.8 Å². The predicted molar refractivity (Wildman–Crippen MR) is 114 cm³/mol. The van der Waals surface area contributed by atoms with Gasteiger partial charge in [-0.2, -0.15) is 5.10 Å². The van der Waals surface area contributed by atoms with Crippen molar-refractivity contribution in [2.45, 2.75) is 46.1 Å². The molecule has 0 bridgehead atoms. The van der Waals surface area contributed by atoms with Crippen molar-refractivity contribution >= 4 is 17.5 Å². The van der Waals surface area contributed by atoms with Crippen LogP contribution in [-0.2, 0) is 22.2 Å². The van der Waals surface area contributed by atoms with Crippen LogP contribution < -0.4 is 10.6 Å². The first kappa shape index (κ1) is 21.0. The maximum Gasteiger partial charge on any atom is 0.238 e. The molecule has 1 fully saturated rings. The van der Waals surface area contributed by atoms with Crippen LogP contribution in [0.15, 0.2) is 24.3 Å². The van der Waals surface area contributed by atoms with Gasteiger partial charge in [0.15, 0.2) is 0 Å². The third kappa shape index (κ3) is 4.67. The van der Waals surface area contributed by atoms with Gasteiger partial charge in [-0.3, -0.25) is 19.2 Å². The largest absolute Gasteiger partial charge is 0.347 e. The fourth-order valence-electron chi connectivity index (χ4n) is 4.12. The lowest BCUT2D eigenvalue weighted by molar-refractivity contribution is -0.122. The Morgan fingerprint density at radius 3 is 2.24 bits per heavy atom. The van der Waals surface area contributed by atoms with Crippen LogP contribution in [0.3, 0.4) is 0 Å². The molecular formula is C22H31N5O2. The number of nitrogens with one attached hydrogen (secondary N) is 2. The van der Waals surface area contributed by atoms with Gasteiger partial charge < -0.3 is 10.6 Å². The molecule has 2 N–H and O–H groups in total. The molecule has 0 spiro atoms. The third-order valence-electron chi connectivity index (χ3n) is 5.87. The minimum absolute atomic E-state index is 0.0284. The Bertz CT molecular complexity index is 893. The average Bonchev–Trinajstić information content (AvgIpc) is 2.89. The van der Waals surface area contributed by atoms with Crippen molar-refractivity contribution in [3.8, 4) is 0 Å². The Balaban J connectivity index is 1.65. The van der Waals surface area contributed by atoms with Crippen molar-refractivity contribution in [3.63, 3.8) is 0 Å². The summed E-state index contributed by atoms with van der Waals surface area (Å²) in [5, 5.41) is 10.5. The second-order valence-corrected chi connectivity index (χ2v) is 8.12. The van der Waals surface area contributed by atoms with E-state index in [1.54, 1.807) is 11.6 Å². The van der Waals surface area contributed by atoms with E-state index in [-0.39, 0.29) is 17.4 Å². The van der Waals surface area contributed by atoms with Crippen LogP contribution in [0, 0.1) is 20.8 Å². The zero-order chi connectivity index (χ0) is 21.2. The van der Waals surface area contributed by atoms with Crippen LogP contribution in [-0.4, -0.2) is 46.1 Å². The molecule has 1 saturated heterocycles. The highest BCUT2D eigenvalue weighted by Crippen LogP contribution is 2.33. The fourth-order valence-corrected chi connectivity index (χ4v) is 4.12. The van der Waals surface area contributed by atoms with Gasteiger partial charge in [0.25, 0.3) is 0 Å². The first-order chi connectivity index (χ1) is 13.7. The lowest BCUT2D eigenvalue weighted by Crippen LogP contribution is -2.53. The third-order valence-corrected chi connectivity index (χ3v) is 5.87. The molecule has 29 heavy (non-hydrogen) atoms. The van der Waals surface area contributed by atoms with Gasteiger partial charge in [0.05, 0.1) is 29.2 Å². The van der Waals surface area contributed by atoms with Crippen LogP contribution in [0.5, 0.6) is 0 Å². The molecule has 156 valence electrons. The summed E-state index contributed by atoms with van der Waals surface area (Å²) in [7, 11) is 1.87. The number of amides is 2. The molecule has 0 atom stereocenters. The van der Waals surface area contributed by atoms with E-state index in [0.29, 0.717) is 6.54 Å². The van der Waals surface area contributed by atoms with E-state index in [1.807, 2.05) is 20.9 Å². The highest BCUT2D eigenvalue weighted by Gasteiger charge is 2.37. The number of benzene rings is 1. The summed E-state index contributed by atoms with van der Waals surface area (Å²) in [6, 6.07) is 8.36. The summed E-state index contributed by atoms with van der Waals surface area (Å²) in [5.74, 6) is -0.0640. The second-order valence-electron chi connectivity index (χ2n) is 8.12. The van der Waals surface area contributed by atoms with Gasteiger partial charge in [0.2, 0.25) is 11.8 Å². The number of carbonyl (C=O) groups is 2. The standard InChI is InChI=1S/C22H31N5O2/c1-15-6-8-19(9-7-15)22(24-18(4)28)10-12-27(13-11-22)14-20(29)23-21-16(2)25-26(5)17(21)3/h6-9H,10-14H2,1-5H3,(H,23,29)(H,24,28). The number of nitrogens with zero attached hydrogens (tertiary/aromatic N) is 3. The smallest absolute Gasteiger partial charge is 0.238 e. The SMILES string of the molecule is CC(=O)NC1(c2ccc(C)cc2)CCN(CC(=O)Nc2c(C)nn(C)c2C)CC1. The van der Waals surface area contributed by atoms with Crippen LogP contribution >= 0.6 is 0 Å². The van der Waals surface area contributed by atoms with Crippen molar-refractivity contribution < 1.29 is 9.59 Å². The predicted octanol–water partition coefficient (Wildman–Crippen LogP) is 2.41. The quantitative estimate of drug-likeness (QED) is 0.812. The van der Waals surface area contributed by atoms with Gasteiger partial charge in [-0.15, -0.1) is 0 Å². The first-order valence-electron chi connectivity index (χ1n) is 10.1. The van der Waals surface area contributed by atoms with E-state index in [9.17, 15) is 9.59 Å². The summed E-state index contributed by atoms with van der Waals surface area (Å²) in [4.78, 5) is 26.6. The summed E-state index contributed by atoms with van der Waals surface area (Å²) in [5.41, 5.74) is 4.51. The molecular weight excluding hydrogens is 366 g/mol. The lowest BCUT2D eigenvalue weighted by Gasteiger charge is -2.42. The number of hydrogen-bond donors (Lipinski definition) is 2. The molecule has 0 saturated carbocycles. The Morgan fingerprint density at radius 1 is 1.10 bits per heavy atom. The number of anilines is 1. The minimum Gasteiger partial charge on any atom is -0.347 e. The summed E-state index contributed by atoms with van der Waals surface area (Å²) < 4.78 is 1.77. The number of rotatable bonds is 5. The monoisotopic (exact) mass is 397 g/mol. The lowest BCUT2D eigenvalue weighted by atomic mass is 9.80. The van der Waals surface area contributed by atoms with E-state index >= 15 is 0 Å². The normalized spacial score (nSPS) is 16.4. The van der Waals surface area contributed by atoms with E-state index in [0.717, 1.165) is 48.6 Å². The molecule has 1 aliphatic heterocycles. The maximum atomic E-state index is 12.6. The van der Waals surface area contributed by atoms with Crippen molar-refractivity contribution in [2.24, 2.45) is 7.05 Å². The molecule has 7 nitrogen and oxygen atoms in total. The maximum absolute atomic E-state index is 12.6. The molecule has 0 radical (unpaired) electrons. The molecule has 2 heterocycles. The second kappa shape index (κ2) is 8.37. The number of piperidine rings is 1. The van der Waals surface area contributed by atoms with E-state index < -0.39 is 0 Å². The van der Waals surface area contributed by atoms with Crippen LogP contribution in [0.4, 0.5) is 5.69 Å². The molecule has 1 aliphatic rings. The van der Waals surface area contributed by atoms with Gasteiger partial charge in [-0.1, -0.05) is 29.8 Å². The fraction of sp³-hybridized carbons (Fsp3) is 0.500. The Labute approximate surface area is 172 Å². The van der Waals surface area contributed by atoms with E-state index in [1.165, 1.54) is 5.56 Å². The van der Waals surface area contributed by atoms with Crippen LogP contribution in [0.1, 0.15) is 42.3 Å². The highest BCUT2D eigenvalue weighted by molar-refractivity contribution is 5.93. The average molecular weight is 398 g/mol. The number of hydrogen-bond acceptors (Lipinski definition) is 4. The van der Waals surface area contributed by atoms with Gasteiger partial charge in [0, 0.05) is 27.1 Å². The molecule has 0 unspecified atom stereocenters. The Kier molecular flexibility index (Phi) is 6.07. The van der Waals surface area contributed by atoms with Crippen molar-refractivity contribution in [3.05, 3.63) is 46.8 Å². The van der Waals surface area contributed by atoms with Crippen LogP contribution in [0.25, 0.3) is 0 Å². The number of likely N-dealkylation sites (tertiary alicyclic amines) is 1. The Hall–Kier alpha value is -2.67. The van der Waals surface area contributed by atoms with Crippen molar-refractivity contribution in [1.29, 1.82) is 0 Å².